The molecule has 0 N–H and O–H groups in total. The highest BCUT2D eigenvalue weighted by molar-refractivity contribution is 5.20. The second-order valence-corrected chi connectivity index (χ2v) is 5.33. The number of hydrogen-bond acceptors (Lipinski definition) is 1. The first kappa shape index (κ1) is 6.47. The van der Waals surface area contributed by atoms with Crippen molar-refractivity contribution in [2.24, 2.45) is 17.3 Å². The van der Waals surface area contributed by atoms with Crippen molar-refractivity contribution >= 4 is 0 Å². The summed E-state index contributed by atoms with van der Waals surface area (Å²) in [5.74, 6) is 1.83. The van der Waals surface area contributed by atoms with E-state index < -0.39 is 0 Å². The molecule has 4 rings (SSSR count). The van der Waals surface area contributed by atoms with Crippen LogP contribution in [0.15, 0.2) is 0 Å². The molecule has 0 unspecified atom stereocenters. The van der Waals surface area contributed by atoms with E-state index in [2.05, 4.69) is 20.8 Å². The van der Waals surface area contributed by atoms with Gasteiger partial charge in [0.25, 0.3) is 0 Å². The fourth-order valence-electron chi connectivity index (χ4n) is 3.51. The Hall–Kier alpha value is -0.0400. The molecule has 62 valence electrons. The Morgan fingerprint density at radius 3 is 2.36 bits per heavy atom. The van der Waals surface area contributed by atoms with E-state index in [0.717, 1.165) is 11.8 Å². The van der Waals surface area contributed by atoms with Gasteiger partial charge in [0, 0.05) is 0 Å². The molecule has 4 fully saturated rings. The third-order valence-electron chi connectivity index (χ3n) is 4.64. The first-order chi connectivity index (χ1) is 5.05. The second kappa shape index (κ2) is 1.39. The predicted octanol–water partition coefficient (Wildman–Crippen LogP) is 2.21. The molecule has 0 aromatic heterocycles. The van der Waals surface area contributed by atoms with E-state index in [9.17, 15) is 0 Å². The molecule has 1 heteroatoms. The highest BCUT2D eigenvalue weighted by Crippen LogP contribution is 2.70. The Kier molecular flexibility index (Phi) is 0.820. The lowest BCUT2D eigenvalue weighted by Gasteiger charge is -2.57. The Labute approximate surface area is 68.1 Å². The van der Waals surface area contributed by atoms with E-state index in [1.807, 2.05) is 0 Å². The summed E-state index contributed by atoms with van der Waals surface area (Å²) in [4.78, 5) is 0. The molecule has 0 amide bonds. The van der Waals surface area contributed by atoms with Crippen LogP contribution in [0.2, 0.25) is 0 Å². The molecule has 0 spiro atoms. The van der Waals surface area contributed by atoms with Gasteiger partial charge in [0.1, 0.15) is 0 Å². The summed E-state index contributed by atoms with van der Waals surface area (Å²) in [6, 6.07) is 0. The van der Waals surface area contributed by atoms with Crippen molar-refractivity contribution in [3.05, 3.63) is 0 Å². The van der Waals surface area contributed by atoms with Gasteiger partial charge in [0.15, 0.2) is 0 Å². The number of ether oxygens (including phenoxy) is 1. The highest BCUT2D eigenvalue weighted by atomic mass is 16.6. The molecule has 1 nitrogen and oxygen atoms in total. The van der Waals surface area contributed by atoms with Crippen LogP contribution in [0, 0.1) is 17.3 Å². The highest BCUT2D eigenvalue weighted by Gasteiger charge is 2.72. The van der Waals surface area contributed by atoms with Crippen LogP contribution >= 0.6 is 0 Å². The molecule has 4 atom stereocenters. The predicted molar refractivity (Wildman–Crippen MR) is 43.3 cm³/mol. The topological polar surface area (TPSA) is 12.5 Å². The summed E-state index contributed by atoms with van der Waals surface area (Å²) in [5.41, 5.74) is 0.889. The Morgan fingerprint density at radius 2 is 1.91 bits per heavy atom. The summed E-state index contributed by atoms with van der Waals surface area (Å²) in [6.07, 6.45) is 3.40. The molecule has 3 saturated carbocycles. The van der Waals surface area contributed by atoms with Crippen LogP contribution in [-0.4, -0.2) is 11.7 Å². The van der Waals surface area contributed by atoms with Crippen LogP contribution < -0.4 is 0 Å². The molecule has 11 heavy (non-hydrogen) atoms. The van der Waals surface area contributed by atoms with Gasteiger partial charge in [-0.15, -0.1) is 0 Å². The third kappa shape index (κ3) is 0.516. The van der Waals surface area contributed by atoms with E-state index >= 15 is 0 Å². The van der Waals surface area contributed by atoms with Crippen LogP contribution in [0.3, 0.4) is 0 Å². The lowest BCUT2D eigenvalue weighted by Crippen LogP contribution is -2.56. The van der Waals surface area contributed by atoms with Gasteiger partial charge in [-0.25, -0.2) is 0 Å². The van der Waals surface area contributed by atoms with Crippen molar-refractivity contribution < 1.29 is 4.74 Å². The van der Waals surface area contributed by atoms with Crippen LogP contribution in [-0.2, 0) is 4.74 Å². The van der Waals surface area contributed by atoms with Crippen molar-refractivity contribution in [2.45, 2.75) is 45.3 Å². The van der Waals surface area contributed by atoms with Crippen molar-refractivity contribution in [2.75, 3.05) is 0 Å². The molecule has 1 saturated heterocycles. The maximum Gasteiger partial charge on any atom is 0.0953 e. The van der Waals surface area contributed by atoms with E-state index in [0.29, 0.717) is 17.1 Å². The van der Waals surface area contributed by atoms with Crippen LogP contribution in [0.5, 0.6) is 0 Å². The fraction of sp³-hybridized carbons (Fsp3) is 1.00. The van der Waals surface area contributed by atoms with Crippen molar-refractivity contribution in [1.29, 1.82) is 0 Å². The van der Waals surface area contributed by atoms with Gasteiger partial charge in [0.05, 0.1) is 11.7 Å². The zero-order valence-corrected chi connectivity index (χ0v) is 7.55. The average Bonchev–Trinajstić information content (AvgIpc) is 2.58. The summed E-state index contributed by atoms with van der Waals surface area (Å²) >= 11 is 0. The van der Waals surface area contributed by atoms with Gasteiger partial charge in [-0.3, -0.25) is 0 Å². The zero-order chi connectivity index (χ0) is 7.85. The largest absolute Gasteiger partial charge is 0.366 e. The summed E-state index contributed by atoms with van der Waals surface area (Å²) in [5, 5.41) is 0. The zero-order valence-electron chi connectivity index (χ0n) is 7.55. The molecule has 1 aliphatic heterocycles. The number of epoxide rings is 1. The van der Waals surface area contributed by atoms with E-state index in [-0.39, 0.29) is 0 Å². The van der Waals surface area contributed by atoms with Crippen LogP contribution in [0.4, 0.5) is 0 Å². The van der Waals surface area contributed by atoms with E-state index in [1.54, 1.807) is 0 Å². The summed E-state index contributed by atoms with van der Waals surface area (Å²) in [6.45, 7) is 7.13. The number of rotatable bonds is 0. The quantitative estimate of drug-likeness (QED) is 0.485. The second-order valence-electron chi connectivity index (χ2n) is 5.33. The summed E-state index contributed by atoms with van der Waals surface area (Å²) in [7, 11) is 0. The van der Waals surface area contributed by atoms with Crippen LogP contribution in [0.1, 0.15) is 33.6 Å². The maximum absolute atomic E-state index is 5.75. The van der Waals surface area contributed by atoms with Gasteiger partial charge in [-0.05, 0) is 37.0 Å². The minimum atomic E-state index is 0.304. The summed E-state index contributed by atoms with van der Waals surface area (Å²) < 4.78 is 5.75. The minimum Gasteiger partial charge on any atom is -0.366 e. The first-order valence-corrected chi connectivity index (χ1v) is 4.73. The van der Waals surface area contributed by atoms with Crippen LogP contribution in [0.25, 0.3) is 0 Å². The minimum absolute atomic E-state index is 0.304. The molecule has 0 aromatic rings. The molecule has 3 aliphatic carbocycles. The van der Waals surface area contributed by atoms with Gasteiger partial charge >= 0.3 is 0 Å². The maximum atomic E-state index is 5.75. The molecule has 1 heterocycles. The van der Waals surface area contributed by atoms with E-state index in [1.165, 1.54) is 12.8 Å². The molecule has 0 radical (unpaired) electrons. The first-order valence-electron chi connectivity index (χ1n) is 4.73. The normalized spacial score (nSPS) is 63.0. The lowest BCUT2D eigenvalue weighted by atomic mass is 9.46. The van der Waals surface area contributed by atoms with Gasteiger partial charge < -0.3 is 4.74 Å². The van der Waals surface area contributed by atoms with Crippen molar-refractivity contribution in [1.82, 2.24) is 0 Å². The van der Waals surface area contributed by atoms with Crippen molar-refractivity contribution in [3.63, 3.8) is 0 Å². The molecular weight excluding hydrogens is 136 g/mol. The molecule has 2 bridgehead atoms. The third-order valence-corrected chi connectivity index (χ3v) is 4.64. The molecule has 0 aromatic carbocycles. The smallest absolute Gasteiger partial charge is 0.0953 e. The van der Waals surface area contributed by atoms with Gasteiger partial charge in [0.2, 0.25) is 0 Å². The Bertz CT molecular complexity index is 216. The van der Waals surface area contributed by atoms with Crippen molar-refractivity contribution in [3.8, 4) is 0 Å². The molecule has 4 aliphatic rings. The fourth-order valence-corrected chi connectivity index (χ4v) is 3.51. The van der Waals surface area contributed by atoms with E-state index in [4.69, 9.17) is 4.74 Å². The van der Waals surface area contributed by atoms with Gasteiger partial charge in [-0.1, -0.05) is 13.8 Å². The number of hydrogen-bond donors (Lipinski definition) is 0. The standard InChI is InChI=1S/C10H16O/c1-9(2)6-4-7(9)10(3)8(5-6)11-10/h6-8H,4-5H2,1-3H3/t6-,7+,8+,10-/m1/s1. The molecular formula is C10H16O. The van der Waals surface area contributed by atoms with Gasteiger partial charge in [-0.2, -0.15) is 0 Å². The Balaban J connectivity index is 1.98. The Morgan fingerprint density at radius 1 is 1.18 bits per heavy atom. The average molecular weight is 152 g/mol. The lowest BCUT2D eigenvalue weighted by molar-refractivity contribution is -0.0789. The monoisotopic (exact) mass is 152 g/mol. The SMILES string of the molecule is CC1(C)[C@H]2C[C@@H]3O[C@]3(C)[C@H]1C2.